The van der Waals surface area contributed by atoms with Crippen molar-refractivity contribution < 1.29 is 23.4 Å². The van der Waals surface area contributed by atoms with Crippen LogP contribution in [0.5, 0.6) is 17.2 Å². The van der Waals surface area contributed by atoms with Gasteiger partial charge in [0, 0.05) is 23.1 Å². The van der Waals surface area contributed by atoms with Crippen LogP contribution in [0.1, 0.15) is 15.9 Å². The minimum atomic E-state index is -0.418. The van der Waals surface area contributed by atoms with Crippen molar-refractivity contribution >= 4 is 16.8 Å². The SMILES string of the molecule is Cc1cc(=O)oc2cc(OCC(=O)c3ccc4c(c3)OCO4)ccc12. The van der Waals surface area contributed by atoms with Crippen LogP contribution in [0.25, 0.3) is 11.0 Å². The van der Waals surface area contributed by atoms with Crippen molar-refractivity contribution in [1.82, 2.24) is 0 Å². The number of Topliss-reactive ketones (excluding diaryl/α,β-unsaturated/α-hetero) is 1. The number of rotatable bonds is 4. The van der Waals surface area contributed by atoms with E-state index in [1.807, 2.05) is 6.92 Å². The lowest BCUT2D eigenvalue weighted by Gasteiger charge is -2.07. The van der Waals surface area contributed by atoms with Crippen molar-refractivity contribution in [3.63, 3.8) is 0 Å². The third-order valence-corrected chi connectivity index (χ3v) is 3.99. The van der Waals surface area contributed by atoms with Gasteiger partial charge in [-0.25, -0.2) is 4.79 Å². The number of hydrogen-bond acceptors (Lipinski definition) is 6. The highest BCUT2D eigenvalue weighted by Crippen LogP contribution is 2.32. The molecule has 1 aromatic heterocycles. The maximum Gasteiger partial charge on any atom is 0.336 e. The second-order valence-corrected chi connectivity index (χ2v) is 5.69. The van der Waals surface area contributed by atoms with Crippen LogP contribution in [0.2, 0.25) is 0 Å². The molecule has 0 amide bonds. The molecular formula is C19H14O6. The Bertz CT molecular complexity index is 1030. The number of carbonyl (C=O) groups excluding carboxylic acids is 1. The van der Waals surface area contributed by atoms with Crippen molar-refractivity contribution in [3.8, 4) is 17.2 Å². The van der Waals surface area contributed by atoms with Gasteiger partial charge in [0.05, 0.1) is 0 Å². The predicted molar refractivity (Wildman–Crippen MR) is 89.6 cm³/mol. The van der Waals surface area contributed by atoms with Crippen LogP contribution >= 0.6 is 0 Å². The smallest absolute Gasteiger partial charge is 0.336 e. The number of hydrogen-bond donors (Lipinski definition) is 0. The number of ether oxygens (including phenoxy) is 3. The fraction of sp³-hybridized carbons (Fsp3) is 0.158. The van der Waals surface area contributed by atoms with Crippen LogP contribution < -0.4 is 19.8 Å². The Morgan fingerprint density at radius 2 is 1.92 bits per heavy atom. The molecule has 0 fully saturated rings. The van der Waals surface area contributed by atoms with E-state index < -0.39 is 5.63 Å². The third kappa shape index (κ3) is 2.94. The Hall–Kier alpha value is -3.28. The van der Waals surface area contributed by atoms with E-state index in [1.54, 1.807) is 36.4 Å². The van der Waals surface area contributed by atoms with Crippen LogP contribution in [-0.4, -0.2) is 19.2 Å². The molecule has 0 radical (unpaired) electrons. The first-order valence-electron chi connectivity index (χ1n) is 7.70. The summed E-state index contributed by atoms with van der Waals surface area (Å²) in [5, 5.41) is 0.828. The van der Waals surface area contributed by atoms with E-state index >= 15 is 0 Å². The molecule has 3 aromatic rings. The van der Waals surface area contributed by atoms with Gasteiger partial charge < -0.3 is 18.6 Å². The summed E-state index contributed by atoms with van der Waals surface area (Å²) in [6, 6.07) is 11.6. The van der Waals surface area contributed by atoms with E-state index in [-0.39, 0.29) is 19.2 Å². The first kappa shape index (κ1) is 15.3. The van der Waals surface area contributed by atoms with Gasteiger partial charge in [0.1, 0.15) is 11.3 Å². The largest absolute Gasteiger partial charge is 0.485 e. The molecule has 0 bridgehead atoms. The number of aryl methyl sites for hydroxylation is 1. The van der Waals surface area contributed by atoms with Crippen molar-refractivity contribution in [3.05, 3.63) is 64.0 Å². The summed E-state index contributed by atoms with van der Waals surface area (Å²) in [4.78, 5) is 23.8. The van der Waals surface area contributed by atoms with E-state index in [1.165, 1.54) is 6.07 Å². The molecule has 0 aliphatic carbocycles. The first-order valence-corrected chi connectivity index (χ1v) is 7.70. The second-order valence-electron chi connectivity index (χ2n) is 5.69. The zero-order valence-corrected chi connectivity index (χ0v) is 13.4. The Morgan fingerprint density at radius 3 is 2.80 bits per heavy atom. The predicted octanol–water partition coefficient (Wildman–Crippen LogP) is 3.09. The van der Waals surface area contributed by atoms with Gasteiger partial charge in [0.2, 0.25) is 6.79 Å². The molecule has 25 heavy (non-hydrogen) atoms. The minimum absolute atomic E-state index is 0.138. The molecule has 1 aliphatic rings. The molecule has 4 rings (SSSR count). The maximum atomic E-state index is 12.3. The average molecular weight is 338 g/mol. The highest BCUT2D eigenvalue weighted by Gasteiger charge is 2.16. The minimum Gasteiger partial charge on any atom is -0.485 e. The average Bonchev–Trinajstić information content (AvgIpc) is 3.06. The Balaban J connectivity index is 1.52. The molecule has 0 unspecified atom stereocenters. The van der Waals surface area contributed by atoms with Crippen molar-refractivity contribution in [1.29, 1.82) is 0 Å². The third-order valence-electron chi connectivity index (χ3n) is 3.99. The summed E-state index contributed by atoms with van der Waals surface area (Å²) in [5.41, 5.74) is 1.32. The molecule has 0 saturated heterocycles. The summed E-state index contributed by atoms with van der Waals surface area (Å²) in [6.07, 6.45) is 0. The molecule has 126 valence electrons. The number of benzene rings is 2. The summed E-state index contributed by atoms with van der Waals surface area (Å²) < 4.78 is 21.2. The van der Waals surface area contributed by atoms with Gasteiger partial charge in [-0.2, -0.15) is 0 Å². The highest BCUT2D eigenvalue weighted by atomic mass is 16.7. The molecule has 0 spiro atoms. The second kappa shape index (κ2) is 5.98. The zero-order valence-electron chi connectivity index (χ0n) is 13.4. The van der Waals surface area contributed by atoms with E-state index in [2.05, 4.69) is 0 Å². The Kier molecular flexibility index (Phi) is 3.65. The molecule has 2 heterocycles. The molecule has 2 aromatic carbocycles. The van der Waals surface area contributed by atoms with Gasteiger partial charge in [-0.15, -0.1) is 0 Å². The van der Waals surface area contributed by atoms with Crippen molar-refractivity contribution in [2.24, 2.45) is 0 Å². The maximum absolute atomic E-state index is 12.3. The molecule has 0 saturated carbocycles. The standard InChI is InChI=1S/C19H14O6/c1-11-6-19(21)25-17-8-13(3-4-14(11)17)22-9-15(20)12-2-5-16-18(7-12)24-10-23-16/h2-8H,9-10H2,1H3. The summed E-state index contributed by atoms with van der Waals surface area (Å²) >= 11 is 0. The number of fused-ring (bicyclic) bond motifs is 2. The normalized spacial score (nSPS) is 12.4. The first-order chi connectivity index (χ1) is 12.1. The lowest BCUT2D eigenvalue weighted by atomic mass is 10.1. The zero-order chi connectivity index (χ0) is 17.4. The summed E-state index contributed by atoms with van der Waals surface area (Å²) in [5.74, 6) is 1.44. The van der Waals surface area contributed by atoms with Crippen molar-refractivity contribution in [2.45, 2.75) is 6.92 Å². The fourth-order valence-electron chi connectivity index (χ4n) is 2.70. The van der Waals surface area contributed by atoms with Gasteiger partial charge >= 0.3 is 5.63 Å². The van der Waals surface area contributed by atoms with E-state index in [9.17, 15) is 9.59 Å². The van der Waals surface area contributed by atoms with Gasteiger partial charge in [-0.1, -0.05) is 0 Å². The van der Waals surface area contributed by atoms with E-state index in [0.29, 0.717) is 28.4 Å². The van der Waals surface area contributed by atoms with Crippen LogP contribution in [-0.2, 0) is 0 Å². The lowest BCUT2D eigenvalue weighted by molar-refractivity contribution is 0.0921. The monoisotopic (exact) mass is 338 g/mol. The Labute approximate surface area is 142 Å². The molecule has 1 aliphatic heterocycles. The van der Waals surface area contributed by atoms with Gasteiger partial charge in [-0.3, -0.25) is 4.79 Å². The van der Waals surface area contributed by atoms with E-state index in [0.717, 1.165) is 10.9 Å². The van der Waals surface area contributed by atoms with Gasteiger partial charge in [0.15, 0.2) is 23.9 Å². The highest BCUT2D eigenvalue weighted by molar-refractivity contribution is 5.98. The van der Waals surface area contributed by atoms with Crippen LogP contribution in [0, 0.1) is 6.92 Å². The summed E-state index contributed by atoms with van der Waals surface area (Å²) in [6.45, 7) is 1.86. The molecule has 6 nitrogen and oxygen atoms in total. The Morgan fingerprint density at radius 1 is 1.08 bits per heavy atom. The van der Waals surface area contributed by atoms with Crippen LogP contribution in [0.15, 0.2) is 51.7 Å². The quantitative estimate of drug-likeness (QED) is 0.537. The van der Waals surface area contributed by atoms with Gasteiger partial charge in [-0.05, 0) is 42.8 Å². The van der Waals surface area contributed by atoms with Gasteiger partial charge in [0.25, 0.3) is 0 Å². The van der Waals surface area contributed by atoms with Crippen LogP contribution in [0.3, 0.4) is 0 Å². The van der Waals surface area contributed by atoms with E-state index in [4.69, 9.17) is 18.6 Å². The lowest BCUT2D eigenvalue weighted by Crippen LogP contribution is -2.11. The van der Waals surface area contributed by atoms with Crippen LogP contribution in [0.4, 0.5) is 0 Å². The number of carbonyl (C=O) groups is 1. The molecule has 0 atom stereocenters. The molecule has 6 heteroatoms. The molecule has 0 N–H and O–H groups in total. The number of ketones is 1. The fourth-order valence-corrected chi connectivity index (χ4v) is 2.70. The van der Waals surface area contributed by atoms with Crippen molar-refractivity contribution in [2.75, 3.05) is 13.4 Å². The molecular weight excluding hydrogens is 324 g/mol. The topological polar surface area (TPSA) is 75.0 Å². The summed E-state index contributed by atoms with van der Waals surface area (Å²) in [7, 11) is 0.